The molecule has 40 valence electrons. The van der Waals surface area contributed by atoms with Crippen LogP contribution in [-0.4, -0.2) is 6.26 Å². The van der Waals surface area contributed by atoms with Gasteiger partial charge in [0.05, 0.1) is 4.91 Å². The fourth-order valence-electron chi connectivity index (χ4n) is 0.457. The highest BCUT2D eigenvalue weighted by atomic mass is 32.2. The molecule has 0 saturated carbocycles. The molecule has 0 aliphatic heterocycles. The minimum Gasteiger partial charge on any atom is -0.121 e. The van der Waals surface area contributed by atoms with Crippen molar-refractivity contribution in [2.45, 2.75) is 0 Å². The SMILES string of the molecule is CSC1=C=C=CC=C1. The van der Waals surface area contributed by atoms with Gasteiger partial charge in [-0.1, -0.05) is 17.5 Å². The van der Waals surface area contributed by atoms with Crippen LogP contribution in [-0.2, 0) is 0 Å². The van der Waals surface area contributed by atoms with E-state index in [1.165, 1.54) is 0 Å². The Morgan fingerprint density at radius 2 is 2.50 bits per heavy atom. The minimum absolute atomic E-state index is 1.15. The van der Waals surface area contributed by atoms with E-state index in [0.29, 0.717) is 0 Å². The lowest BCUT2D eigenvalue weighted by molar-refractivity contribution is 1.84. The van der Waals surface area contributed by atoms with Crippen LogP contribution in [0, 0.1) is 0 Å². The van der Waals surface area contributed by atoms with E-state index in [2.05, 4.69) is 11.5 Å². The van der Waals surface area contributed by atoms with Crippen LogP contribution in [0.2, 0.25) is 0 Å². The molecular formula is C7H6S. The average molecular weight is 122 g/mol. The molecule has 0 unspecified atom stereocenters. The summed E-state index contributed by atoms with van der Waals surface area (Å²) >= 11 is 1.68. The van der Waals surface area contributed by atoms with Crippen molar-refractivity contribution in [3.8, 4) is 0 Å². The molecule has 0 nitrogen and oxygen atoms in total. The van der Waals surface area contributed by atoms with Gasteiger partial charge in [0, 0.05) is 0 Å². The first kappa shape index (κ1) is 5.53. The van der Waals surface area contributed by atoms with Crippen molar-refractivity contribution >= 4 is 11.8 Å². The summed E-state index contributed by atoms with van der Waals surface area (Å²) < 4.78 is 0. The molecule has 0 spiro atoms. The maximum absolute atomic E-state index is 2.96. The number of thioether (sulfide) groups is 1. The second-order valence-electron chi connectivity index (χ2n) is 1.36. The van der Waals surface area contributed by atoms with E-state index < -0.39 is 0 Å². The van der Waals surface area contributed by atoms with E-state index in [1.54, 1.807) is 11.8 Å². The van der Waals surface area contributed by atoms with Gasteiger partial charge in [-0.05, 0) is 18.4 Å². The highest BCUT2D eigenvalue weighted by Gasteiger charge is 1.83. The van der Waals surface area contributed by atoms with Gasteiger partial charge < -0.3 is 0 Å². The topological polar surface area (TPSA) is 0 Å². The first-order valence-electron chi connectivity index (χ1n) is 2.36. The Bertz CT molecular complexity index is 198. The molecule has 1 aliphatic carbocycles. The first-order valence-corrected chi connectivity index (χ1v) is 3.58. The summed E-state index contributed by atoms with van der Waals surface area (Å²) in [6.45, 7) is 0. The molecule has 1 rings (SSSR count). The third-order valence-electron chi connectivity index (χ3n) is 0.842. The minimum atomic E-state index is 1.15. The second kappa shape index (κ2) is 2.64. The largest absolute Gasteiger partial charge is 0.121 e. The van der Waals surface area contributed by atoms with Crippen LogP contribution in [0.1, 0.15) is 0 Å². The van der Waals surface area contributed by atoms with Gasteiger partial charge in [0.25, 0.3) is 0 Å². The van der Waals surface area contributed by atoms with Crippen LogP contribution in [0.4, 0.5) is 0 Å². The molecule has 0 N–H and O–H groups in total. The van der Waals surface area contributed by atoms with Gasteiger partial charge >= 0.3 is 0 Å². The molecule has 0 aromatic rings. The Morgan fingerprint density at radius 3 is 2.88 bits per heavy atom. The monoisotopic (exact) mass is 122 g/mol. The molecule has 1 heteroatoms. The summed E-state index contributed by atoms with van der Waals surface area (Å²) in [7, 11) is 0. The maximum atomic E-state index is 2.96. The zero-order valence-corrected chi connectivity index (χ0v) is 5.46. The zero-order chi connectivity index (χ0) is 5.82. The highest BCUT2D eigenvalue weighted by molar-refractivity contribution is 8.02. The number of hydrogen-bond donors (Lipinski definition) is 0. The van der Waals surface area contributed by atoms with Crippen molar-refractivity contribution in [3.05, 3.63) is 34.6 Å². The molecule has 0 atom stereocenters. The van der Waals surface area contributed by atoms with Gasteiger partial charge in [0.2, 0.25) is 0 Å². The number of hydrogen-bond acceptors (Lipinski definition) is 1. The quantitative estimate of drug-likeness (QED) is 0.480. The lowest BCUT2D eigenvalue weighted by Gasteiger charge is -1.88. The van der Waals surface area contributed by atoms with E-state index in [-0.39, 0.29) is 0 Å². The fraction of sp³-hybridized carbons (Fsp3) is 0.143. The standard InChI is InChI=1S/C7H6S/c1-8-7-5-3-2-4-6-7/h2-3,5H,1H3. The maximum Gasteiger partial charge on any atom is 0.0574 e. The van der Waals surface area contributed by atoms with Crippen LogP contribution in [0.3, 0.4) is 0 Å². The normalized spacial score (nSPS) is 14.4. The molecule has 1 aliphatic rings. The molecule has 0 amide bonds. The molecule has 0 saturated heterocycles. The van der Waals surface area contributed by atoms with Gasteiger partial charge in [0.15, 0.2) is 0 Å². The summed E-state index contributed by atoms with van der Waals surface area (Å²) in [5.74, 6) is 0. The molecule has 0 heterocycles. The van der Waals surface area contributed by atoms with Crippen LogP contribution < -0.4 is 0 Å². The molecular weight excluding hydrogens is 116 g/mol. The van der Waals surface area contributed by atoms with Gasteiger partial charge in [-0.2, -0.15) is 0 Å². The van der Waals surface area contributed by atoms with Crippen LogP contribution in [0.15, 0.2) is 34.6 Å². The first-order chi connectivity index (χ1) is 3.93. The van der Waals surface area contributed by atoms with Crippen molar-refractivity contribution < 1.29 is 0 Å². The van der Waals surface area contributed by atoms with Crippen molar-refractivity contribution in [2.75, 3.05) is 6.26 Å². The Kier molecular flexibility index (Phi) is 1.82. The van der Waals surface area contributed by atoms with Gasteiger partial charge in [-0.25, -0.2) is 0 Å². The molecule has 0 aromatic carbocycles. The van der Waals surface area contributed by atoms with Crippen LogP contribution >= 0.6 is 11.8 Å². The third kappa shape index (κ3) is 1.18. The van der Waals surface area contributed by atoms with Crippen molar-refractivity contribution in [3.63, 3.8) is 0 Å². The Hall–Kier alpha value is -0.610. The highest BCUT2D eigenvalue weighted by Crippen LogP contribution is 2.11. The van der Waals surface area contributed by atoms with E-state index in [4.69, 9.17) is 0 Å². The number of rotatable bonds is 1. The summed E-state index contributed by atoms with van der Waals surface area (Å²) in [5, 5.41) is 0. The summed E-state index contributed by atoms with van der Waals surface area (Å²) in [6, 6.07) is 0. The predicted molar refractivity (Wildman–Crippen MR) is 37.8 cm³/mol. The van der Waals surface area contributed by atoms with Crippen molar-refractivity contribution in [1.29, 1.82) is 0 Å². The fourth-order valence-corrected chi connectivity index (χ4v) is 0.833. The lowest BCUT2D eigenvalue weighted by Crippen LogP contribution is -1.64. The van der Waals surface area contributed by atoms with E-state index >= 15 is 0 Å². The van der Waals surface area contributed by atoms with Crippen molar-refractivity contribution in [1.82, 2.24) is 0 Å². The smallest absolute Gasteiger partial charge is 0.0574 e. The molecule has 8 heavy (non-hydrogen) atoms. The summed E-state index contributed by atoms with van der Waals surface area (Å²) in [5.41, 5.74) is 5.82. The van der Waals surface area contributed by atoms with Gasteiger partial charge in [-0.3, -0.25) is 0 Å². The molecule has 0 bridgehead atoms. The Morgan fingerprint density at radius 1 is 1.62 bits per heavy atom. The van der Waals surface area contributed by atoms with E-state index in [1.807, 2.05) is 24.5 Å². The van der Waals surface area contributed by atoms with Crippen molar-refractivity contribution in [2.24, 2.45) is 0 Å². The molecule has 0 fully saturated rings. The van der Waals surface area contributed by atoms with Crippen LogP contribution in [0.5, 0.6) is 0 Å². The Balaban J connectivity index is 2.93. The number of allylic oxidation sites excluding steroid dienone is 3. The van der Waals surface area contributed by atoms with Gasteiger partial charge in [0.1, 0.15) is 0 Å². The third-order valence-corrected chi connectivity index (χ3v) is 1.52. The molecule has 0 radical (unpaired) electrons. The van der Waals surface area contributed by atoms with E-state index in [0.717, 1.165) is 4.91 Å². The summed E-state index contributed by atoms with van der Waals surface area (Å²) in [6.07, 6.45) is 7.85. The van der Waals surface area contributed by atoms with Crippen LogP contribution in [0.25, 0.3) is 0 Å². The van der Waals surface area contributed by atoms with E-state index in [9.17, 15) is 0 Å². The predicted octanol–water partition coefficient (Wildman–Crippen LogP) is 2.11. The van der Waals surface area contributed by atoms with Gasteiger partial charge in [-0.15, -0.1) is 11.8 Å². The lowest BCUT2D eigenvalue weighted by atomic mass is 10.4. The molecule has 0 aromatic heterocycles. The zero-order valence-electron chi connectivity index (χ0n) is 4.64. The second-order valence-corrected chi connectivity index (χ2v) is 2.21. The summed E-state index contributed by atoms with van der Waals surface area (Å²) in [4.78, 5) is 1.15. The average Bonchev–Trinajstić information content (AvgIpc) is 1.90. The Labute approximate surface area is 53.3 Å².